The van der Waals surface area contributed by atoms with Gasteiger partial charge in [0, 0.05) is 15.2 Å². The summed E-state index contributed by atoms with van der Waals surface area (Å²) in [5, 5.41) is 2.91. The lowest BCUT2D eigenvalue weighted by molar-refractivity contribution is 1.42. The Morgan fingerprint density at radius 2 is 1.67 bits per heavy atom. The molecule has 0 heterocycles. The van der Waals surface area contributed by atoms with Crippen LogP contribution in [0, 0.1) is 0 Å². The number of rotatable bonds is 4. The predicted octanol–water partition coefficient (Wildman–Crippen LogP) is 6.01. The molecule has 0 unspecified atom stereocenters. The molecular weight excluding hydrogens is 328 g/mol. The minimum Gasteiger partial charge on any atom is -0.129 e. The van der Waals surface area contributed by atoms with Crippen molar-refractivity contribution in [2.45, 2.75) is 5.75 Å². The number of thioether (sulfide) groups is 1. The summed E-state index contributed by atoms with van der Waals surface area (Å²) in [4.78, 5) is 0. The summed E-state index contributed by atoms with van der Waals surface area (Å²) in [6, 6.07) is 16.2. The van der Waals surface area contributed by atoms with Crippen molar-refractivity contribution in [1.29, 1.82) is 0 Å². The highest BCUT2D eigenvalue weighted by molar-refractivity contribution is 9.10. The van der Waals surface area contributed by atoms with Crippen molar-refractivity contribution in [3.63, 3.8) is 0 Å². The first-order chi connectivity index (χ1) is 8.74. The average Bonchev–Trinajstić information content (AvgIpc) is 2.39. The summed E-state index contributed by atoms with van der Waals surface area (Å²) >= 11 is 11.0. The van der Waals surface area contributed by atoms with Crippen LogP contribution in [0.1, 0.15) is 11.1 Å². The van der Waals surface area contributed by atoms with Crippen LogP contribution in [0.2, 0.25) is 5.02 Å². The van der Waals surface area contributed by atoms with Crippen LogP contribution in [0.5, 0.6) is 0 Å². The highest BCUT2D eigenvalue weighted by Crippen LogP contribution is 2.18. The number of hydrogen-bond donors (Lipinski definition) is 0. The Bertz CT molecular complexity index is 517. The molecule has 0 aromatic heterocycles. The molecule has 0 aliphatic heterocycles. The lowest BCUT2D eigenvalue weighted by atomic mass is 10.2. The molecule has 0 N–H and O–H groups in total. The molecule has 0 bridgehead atoms. The first-order valence-corrected chi connectivity index (χ1v) is 7.74. The molecule has 0 saturated heterocycles. The largest absolute Gasteiger partial charge is 0.129 e. The van der Waals surface area contributed by atoms with Crippen LogP contribution >= 0.6 is 39.3 Å². The number of hydrogen-bond acceptors (Lipinski definition) is 1. The van der Waals surface area contributed by atoms with E-state index in [1.54, 1.807) is 11.8 Å². The summed E-state index contributed by atoms with van der Waals surface area (Å²) in [5.74, 6) is 0.962. The van der Waals surface area contributed by atoms with Gasteiger partial charge in [0.05, 0.1) is 0 Å². The Balaban J connectivity index is 1.84. The molecule has 0 saturated carbocycles. The van der Waals surface area contributed by atoms with Gasteiger partial charge in [0.25, 0.3) is 0 Å². The van der Waals surface area contributed by atoms with E-state index in [4.69, 9.17) is 11.6 Å². The second-order valence-corrected chi connectivity index (χ2v) is 6.04. The molecular formula is C15H12BrClS. The van der Waals surface area contributed by atoms with Gasteiger partial charge in [0.1, 0.15) is 0 Å². The number of benzene rings is 2. The Hall–Kier alpha value is -0.700. The van der Waals surface area contributed by atoms with Gasteiger partial charge in [-0.05, 0) is 46.9 Å². The van der Waals surface area contributed by atoms with Crippen LogP contribution in [0.3, 0.4) is 0 Å². The zero-order valence-electron chi connectivity index (χ0n) is 9.64. The van der Waals surface area contributed by atoms with Gasteiger partial charge in [-0.25, -0.2) is 0 Å². The highest BCUT2D eigenvalue weighted by Gasteiger charge is 1.92. The fraction of sp³-hybridized carbons (Fsp3) is 0.0667. The van der Waals surface area contributed by atoms with Crippen molar-refractivity contribution < 1.29 is 0 Å². The smallest absolute Gasteiger partial charge is 0.0406 e. The van der Waals surface area contributed by atoms with Gasteiger partial charge in [-0.2, -0.15) is 0 Å². The van der Waals surface area contributed by atoms with Crippen LogP contribution in [0.15, 0.2) is 58.4 Å². The van der Waals surface area contributed by atoms with Crippen molar-refractivity contribution in [1.82, 2.24) is 0 Å². The van der Waals surface area contributed by atoms with Gasteiger partial charge in [-0.15, -0.1) is 11.8 Å². The van der Waals surface area contributed by atoms with E-state index < -0.39 is 0 Å². The van der Waals surface area contributed by atoms with Crippen LogP contribution in [0.4, 0.5) is 0 Å². The maximum absolute atomic E-state index is 5.84. The van der Waals surface area contributed by atoms with E-state index in [-0.39, 0.29) is 0 Å². The van der Waals surface area contributed by atoms with Gasteiger partial charge in [-0.3, -0.25) is 0 Å². The van der Waals surface area contributed by atoms with Crippen molar-refractivity contribution in [3.05, 3.63) is 74.6 Å². The molecule has 0 amide bonds. The molecule has 2 aromatic rings. The molecule has 0 atom stereocenters. The third-order valence-electron chi connectivity index (χ3n) is 2.39. The third-order valence-corrected chi connectivity index (χ3v) is 4.00. The second-order valence-electron chi connectivity index (χ2n) is 3.79. The van der Waals surface area contributed by atoms with Gasteiger partial charge >= 0.3 is 0 Å². The van der Waals surface area contributed by atoms with Crippen molar-refractivity contribution >= 4 is 45.4 Å². The zero-order chi connectivity index (χ0) is 12.8. The molecule has 2 aromatic carbocycles. The minimum absolute atomic E-state index is 0.786. The van der Waals surface area contributed by atoms with Crippen LogP contribution in [-0.4, -0.2) is 0 Å². The Labute approximate surface area is 125 Å². The van der Waals surface area contributed by atoms with Gasteiger partial charge in [0.15, 0.2) is 0 Å². The molecule has 0 radical (unpaired) electrons. The van der Waals surface area contributed by atoms with E-state index in [9.17, 15) is 0 Å². The van der Waals surface area contributed by atoms with Crippen molar-refractivity contribution in [2.24, 2.45) is 0 Å². The Morgan fingerprint density at radius 1 is 1.00 bits per heavy atom. The van der Waals surface area contributed by atoms with E-state index in [2.05, 4.69) is 51.7 Å². The van der Waals surface area contributed by atoms with Crippen LogP contribution < -0.4 is 0 Å². The van der Waals surface area contributed by atoms with Crippen LogP contribution in [-0.2, 0) is 5.75 Å². The Morgan fingerprint density at radius 3 is 2.33 bits per heavy atom. The number of halogens is 2. The Kier molecular flexibility index (Phi) is 5.36. The monoisotopic (exact) mass is 338 g/mol. The van der Waals surface area contributed by atoms with Gasteiger partial charge in [-0.1, -0.05) is 51.8 Å². The second kappa shape index (κ2) is 7.03. The molecule has 0 aliphatic carbocycles. The van der Waals surface area contributed by atoms with E-state index in [1.807, 2.05) is 24.3 Å². The molecule has 0 fully saturated rings. The predicted molar refractivity (Wildman–Crippen MR) is 85.9 cm³/mol. The first kappa shape index (κ1) is 13.7. The van der Waals surface area contributed by atoms with Crippen molar-refractivity contribution in [2.75, 3.05) is 0 Å². The van der Waals surface area contributed by atoms with Crippen molar-refractivity contribution in [3.8, 4) is 0 Å². The van der Waals surface area contributed by atoms with E-state index in [1.165, 1.54) is 11.1 Å². The van der Waals surface area contributed by atoms with Gasteiger partial charge < -0.3 is 0 Å². The first-order valence-electron chi connectivity index (χ1n) is 5.52. The molecule has 0 nitrogen and oxygen atoms in total. The van der Waals surface area contributed by atoms with E-state index >= 15 is 0 Å². The van der Waals surface area contributed by atoms with E-state index in [0.717, 1.165) is 15.2 Å². The molecule has 2 rings (SSSR count). The fourth-order valence-corrected chi connectivity index (χ4v) is 2.55. The molecule has 3 heteroatoms. The SMILES string of the molecule is Clc1ccc(CSC=Cc2ccc(Br)cc2)cc1. The quantitative estimate of drug-likeness (QED) is 0.657. The summed E-state index contributed by atoms with van der Waals surface area (Å²) < 4.78 is 1.11. The zero-order valence-corrected chi connectivity index (χ0v) is 12.8. The topological polar surface area (TPSA) is 0 Å². The van der Waals surface area contributed by atoms with Crippen LogP contribution in [0.25, 0.3) is 6.08 Å². The molecule has 18 heavy (non-hydrogen) atoms. The molecule has 0 spiro atoms. The minimum atomic E-state index is 0.786. The summed E-state index contributed by atoms with van der Waals surface area (Å²) in [7, 11) is 0. The summed E-state index contributed by atoms with van der Waals surface area (Å²) in [5.41, 5.74) is 2.49. The molecule has 0 aliphatic rings. The fourth-order valence-electron chi connectivity index (χ4n) is 1.43. The maximum atomic E-state index is 5.84. The average molecular weight is 340 g/mol. The summed E-state index contributed by atoms with van der Waals surface area (Å²) in [6.45, 7) is 0. The standard InChI is InChI=1S/C15H12BrClS/c16-14-5-1-12(2-6-14)9-10-18-11-13-3-7-15(17)8-4-13/h1-10H,11H2. The lowest BCUT2D eigenvalue weighted by Crippen LogP contribution is -1.77. The highest BCUT2D eigenvalue weighted by atomic mass is 79.9. The third kappa shape index (κ3) is 4.52. The summed E-state index contributed by atoms with van der Waals surface area (Å²) in [6.07, 6.45) is 2.12. The maximum Gasteiger partial charge on any atom is 0.0406 e. The van der Waals surface area contributed by atoms with E-state index in [0.29, 0.717) is 0 Å². The lowest BCUT2D eigenvalue weighted by Gasteiger charge is -1.98. The molecule has 92 valence electrons. The normalized spacial score (nSPS) is 11.0. The van der Waals surface area contributed by atoms with Gasteiger partial charge in [0.2, 0.25) is 0 Å².